The molecule has 0 aliphatic carbocycles. The highest BCUT2D eigenvalue weighted by molar-refractivity contribution is 6.31. The molecule has 11 nitrogen and oxygen atoms in total. The van der Waals surface area contributed by atoms with Gasteiger partial charge in [0.1, 0.15) is 22.6 Å². The minimum Gasteiger partial charge on any atom is -0.633 e. The van der Waals surface area contributed by atoms with Gasteiger partial charge in [-0.25, -0.2) is 9.59 Å². The zero-order valence-electron chi connectivity index (χ0n) is 29.8. The number of carboxylic acid groups (broad SMARTS) is 2. The molecule has 55 heavy (non-hydrogen) atoms. The lowest BCUT2D eigenvalue weighted by Gasteiger charge is -2.42. The van der Waals surface area contributed by atoms with Gasteiger partial charge in [-0.2, -0.15) is 4.73 Å². The van der Waals surface area contributed by atoms with Crippen LogP contribution in [0.25, 0.3) is 32.4 Å². The van der Waals surface area contributed by atoms with E-state index in [2.05, 4.69) is 0 Å². The molecule has 0 aliphatic rings. The van der Waals surface area contributed by atoms with E-state index in [0.29, 0.717) is 74.6 Å². The fourth-order valence-electron chi connectivity index (χ4n) is 6.64. The Morgan fingerprint density at radius 2 is 1.31 bits per heavy atom. The molecular weight excluding hydrogens is 769 g/mol. The minimum absolute atomic E-state index is 0.0407. The highest BCUT2D eigenvalue weighted by atomic mass is 35.5. The molecule has 0 radical (unpaired) electrons. The van der Waals surface area contributed by atoms with E-state index in [4.69, 9.17) is 39.8 Å². The second-order valence-electron chi connectivity index (χ2n) is 13.2. The van der Waals surface area contributed by atoms with Gasteiger partial charge in [0, 0.05) is 40.2 Å². The summed E-state index contributed by atoms with van der Waals surface area (Å²) in [6, 6.07) is 23.9. The first-order valence-corrected chi connectivity index (χ1v) is 18.9. The summed E-state index contributed by atoms with van der Waals surface area (Å²) >= 11 is 17.5. The molecule has 0 fully saturated rings. The summed E-state index contributed by atoms with van der Waals surface area (Å²) in [6.45, 7) is 3.26. The average Bonchev–Trinajstić information content (AvgIpc) is 3.14. The van der Waals surface area contributed by atoms with Crippen LogP contribution in [0.1, 0.15) is 51.6 Å². The number of hydroxylamine groups is 3. The zero-order chi connectivity index (χ0) is 39.9. The first-order valence-electron chi connectivity index (χ1n) is 17.4. The third-order valence-electron chi connectivity index (χ3n) is 9.46. The molecule has 0 bridgehead atoms. The van der Waals surface area contributed by atoms with E-state index < -0.39 is 23.4 Å². The molecule has 5 N–H and O–H groups in total. The number of rotatable bonds is 13. The highest BCUT2D eigenvalue weighted by Crippen LogP contribution is 2.38. The normalized spacial score (nSPS) is 12.5. The van der Waals surface area contributed by atoms with Crippen LogP contribution in [0.3, 0.4) is 0 Å². The maximum Gasteiger partial charge on any atom is 0.339 e. The van der Waals surface area contributed by atoms with Crippen LogP contribution in [0.5, 0.6) is 11.5 Å². The number of halogens is 3. The van der Waals surface area contributed by atoms with Gasteiger partial charge in [-0.05, 0) is 77.7 Å². The number of benzene rings is 5. The smallest absolute Gasteiger partial charge is 0.339 e. The number of pyridine rings is 1. The largest absolute Gasteiger partial charge is 0.633 e. The van der Waals surface area contributed by atoms with Crippen molar-refractivity contribution >= 4 is 79.2 Å². The van der Waals surface area contributed by atoms with Crippen molar-refractivity contribution in [1.29, 1.82) is 0 Å². The first-order chi connectivity index (χ1) is 26.3. The van der Waals surface area contributed by atoms with Gasteiger partial charge in [-0.15, -0.1) is 23.2 Å². The van der Waals surface area contributed by atoms with Gasteiger partial charge in [0.05, 0.1) is 42.3 Å². The quantitative estimate of drug-likeness (QED) is 0.0333. The summed E-state index contributed by atoms with van der Waals surface area (Å²) < 4.78 is 0.684. The summed E-state index contributed by atoms with van der Waals surface area (Å²) in [4.78, 5) is 28.0. The van der Waals surface area contributed by atoms with Crippen molar-refractivity contribution in [2.24, 2.45) is 4.99 Å². The number of fused-ring (bicyclic) bond motifs is 3. The van der Waals surface area contributed by atoms with E-state index in [1.165, 1.54) is 12.1 Å². The molecule has 1 heterocycles. The maximum atomic E-state index is 12.6. The average molecular weight is 809 g/mol. The predicted molar refractivity (Wildman–Crippen MR) is 216 cm³/mol. The van der Waals surface area contributed by atoms with E-state index in [1.807, 2.05) is 13.0 Å². The Morgan fingerprint density at radius 1 is 0.782 bits per heavy atom. The summed E-state index contributed by atoms with van der Waals surface area (Å²) in [6.07, 6.45) is 3.04. The number of hydrogen-bond acceptors (Lipinski definition) is 7. The molecule has 1 aromatic heterocycles. The Balaban J connectivity index is 0.000000213. The van der Waals surface area contributed by atoms with Crippen LogP contribution in [0.15, 0.2) is 96.1 Å². The second-order valence-corrected chi connectivity index (χ2v) is 14.4. The van der Waals surface area contributed by atoms with E-state index in [1.54, 1.807) is 72.9 Å². The number of alkyl halides is 2. The van der Waals surface area contributed by atoms with Crippen molar-refractivity contribution in [3.63, 3.8) is 0 Å². The van der Waals surface area contributed by atoms with Crippen molar-refractivity contribution < 1.29 is 39.9 Å². The number of hydrogen-bond donors (Lipinski definition) is 5. The lowest BCUT2D eigenvalue weighted by Crippen LogP contribution is -2.46. The molecule has 14 heteroatoms. The van der Waals surface area contributed by atoms with Gasteiger partial charge in [0.25, 0.3) is 0 Å². The van der Waals surface area contributed by atoms with Crippen LogP contribution < -0.4 is 5.36 Å². The standard InChI is InChI=1S/C23H16O6.C18H24Cl3N3O2/c24-20-16(14-7-3-1-5-12(14)9-18(20)22(26)27)11-17-15-8-4-2-6-13(15)10-19(21(17)25)23(28)29;1-14(3-2-10-24(26,11-7-19)12-8-20)22-17-6-9-23(25)18-13-15(21)4-5-16(17)18/h1-10,24-25H,11H2,(H,26,27)(H,28,29);4-6,9,13-14,25H,2-3,7-8,10-12H2,1H3. The fraction of sp³-hybridized carbons (Fsp3) is 0.244. The molecule has 0 aliphatic heterocycles. The van der Waals surface area contributed by atoms with Gasteiger partial charge < -0.3 is 35.5 Å². The van der Waals surface area contributed by atoms with Gasteiger partial charge in [0.2, 0.25) is 0 Å². The van der Waals surface area contributed by atoms with Crippen molar-refractivity contribution in [3.8, 4) is 11.5 Å². The SMILES string of the molecule is CC(CCC[N+]([O-])(CCCl)CCCl)N=c1ccn(O)c2cc(Cl)ccc12.O=C(O)c1cc2ccccc2c(Cc2c(O)c(C(=O)O)cc3ccccc23)c1O. The molecule has 0 saturated carbocycles. The molecule has 1 atom stereocenters. The van der Waals surface area contributed by atoms with Crippen LogP contribution in [0.2, 0.25) is 5.02 Å². The monoisotopic (exact) mass is 807 g/mol. The molecule has 6 rings (SSSR count). The molecule has 0 amide bonds. The molecule has 1 unspecified atom stereocenters. The Morgan fingerprint density at radius 3 is 1.82 bits per heavy atom. The Labute approximate surface area is 331 Å². The summed E-state index contributed by atoms with van der Waals surface area (Å²) in [5.74, 6) is -2.69. The second kappa shape index (κ2) is 18.1. The third-order valence-corrected chi connectivity index (χ3v) is 10.0. The maximum absolute atomic E-state index is 12.6. The number of quaternary nitrogens is 1. The molecular formula is C41H40Cl3N3O8. The fourth-order valence-corrected chi connectivity index (χ4v) is 7.42. The molecule has 6 aromatic rings. The molecule has 288 valence electrons. The highest BCUT2D eigenvalue weighted by Gasteiger charge is 2.23. The number of aromatic nitrogens is 1. The van der Waals surface area contributed by atoms with Crippen LogP contribution in [0, 0.1) is 5.21 Å². The van der Waals surface area contributed by atoms with Crippen molar-refractivity contribution in [2.45, 2.75) is 32.2 Å². The lowest BCUT2D eigenvalue weighted by molar-refractivity contribution is -0.876. The molecule has 0 saturated heterocycles. The molecule has 5 aromatic carbocycles. The van der Waals surface area contributed by atoms with Crippen molar-refractivity contribution in [2.75, 3.05) is 31.4 Å². The zero-order valence-corrected chi connectivity index (χ0v) is 32.1. The minimum atomic E-state index is -1.28. The molecule has 0 spiro atoms. The predicted octanol–water partition coefficient (Wildman–Crippen LogP) is 8.79. The van der Waals surface area contributed by atoms with E-state index in [9.17, 15) is 40.4 Å². The number of carboxylic acids is 2. The number of nitrogens with zero attached hydrogens (tertiary/aromatic N) is 3. The number of aromatic hydroxyl groups is 2. The van der Waals surface area contributed by atoms with Gasteiger partial charge in [0.15, 0.2) is 0 Å². The number of phenols is 2. The van der Waals surface area contributed by atoms with E-state index in [0.717, 1.165) is 28.3 Å². The summed E-state index contributed by atoms with van der Waals surface area (Å²) in [5, 5.41) is 67.5. The van der Waals surface area contributed by atoms with Gasteiger partial charge in [-0.3, -0.25) is 4.99 Å². The van der Waals surface area contributed by atoms with E-state index in [-0.39, 0.29) is 28.2 Å². The van der Waals surface area contributed by atoms with Crippen molar-refractivity contribution in [1.82, 2.24) is 4.73 Å². The number of carbonyl (C=O) groups is 2. The Hall–Kier alpha value is -5.04. The van der Waals surface area contributed by atoms with Gasteiger partial charge in [-0.1, -0.05) is 60.1 Å². The first kappa shape index (κ1) is 41.1. The number of aromatic carboxylic acids is 2. The lowest BCUT2D eigenvalue weighted by atomic mass is 9.90. The Bertz CT molecular complexity index is 2330. The topological polar surface area (TPSA) is 176 Å². The van der Waals surface area contributed by atoms with E-state index >= 15 is 0 Å². The van der Waals surface area contributed by atoms with Crippen molar-refractivity contribution in [3.05, 3.63) is 129 Å². The van der Waals surface area contributed by atoms with Crippen LogP contribution >= 0.6 is 34.8 Å². The Kier molecular flexibility index (Phi) is 13.5. The third kappa shape index (κ3) is 9.62. The van der Waals surface area contributed by atoms with Crippen LogP contribution in [-0.2, 0) is 6.42 Å². The van der Waals surface area contributed by atoms with Crippen LogP contribution in [-0.4, -0.2) is 84.4 Å². The van der Waals surface area contributed by atoms with Crippen LogP contribution in [0.4, 0.5) is 0 Å². The van der Waals surface area contributed by atoms with Gasteiger partial charge >= 0.3 is 11.9 Å². The summed E-state index contributed by atoms with van der Waals surface area (Å²) in [7, 11) is 0. The summed E-state index contributed by atoms with van der Waals surface area (Å²) in [5.41, 5.74) is 0.714.